The Bertz CT molecular complexity index is 1300. The molecule has 0 unspecified atom stereocenters. The first-order valence-corrected chi connectivity index (χ1v) is 11.4. The van der Waals surface area contributed by atoms with Crippen LogP contribution in [-0.2, 0) is 17.8 Å². The standard InChI is InChI=1S/C27H26BrN3O/c1-18-8-11-22(19(2)14-18)15-27(32)30-29-16-25-20(3)31(26-7-5-4-6-24(25)26)17-21-9-12-23(28)13-10-21/h4-14,16H,15,17H2,1-3H3,(H,30,32)/b29-16-. The zero-order chi connectivity index (χ0) is 22.7. The zero-order valence-electron chi connectivity index (χ0n) is 18.5. The fourth-order valence-corrected chi connectivity index (χ4v) is 4.29. The number of amides is 1. The number of benzene rings is 3. The maximum Gasteiger partial charge on any atom is 0.244 e. The van der Waals surface area contributed by atoms with Gasteiger partial charge in [0.05, 0.1) is 12.6 Å². The summed E-state index contributed by atoms with van der Waals surface area (Å²) in [5, 5.41) is 5.40. The lowest BCUT2D eigenvalue weighted by Gasteiger charge is -2.09. The highest BCUT2D eigenvalue weighted by molar-refractivity contribution is 9.10. The number of carbonyl (C=O) groups is 1. The Morgan fingerprint density at radius 1 is 1.03 bits per heavy atom. The van der Waals surface area contributed by atoms with E-state index in [1.54, 1.807) is 6.21 Å². The van der Waals surface area contributed by atoms with E-state index in [0.717, 1.165) is 44.3 Å². The number of rotatable bonds is 6. The molecule has 1 amide bonds. The molecule has 0 spiro atoms. The van der Waals surface area contributed by atoms with Crippen molar-refractivity contribution in [2.45, 2.75) is 33.7 Å². The van der Waals surface area contributed by atoms with E-state index >= 15 is 0 Å². The van der Waals surface area contributed by atoms with Crippen LogP contribution in [-0.4, -0.2) is 16.7 Å². The number of halogens is 1. The van der Waals surface area contributed by atoms with Gasteiger partial charge in [-0.1, -0.05) is 70.0 Å². The Labute approximate surface area is 197 Å². The lowest BCUT2D eigenvalue weighted by molar-refractivity contribution is -0.120. The molecule has 0 saturated heterocycles. The number of fused-ring (bicyclic) bond motifs is 1. The molecule has 4 rings (SSSR count). The molecule has 0 aliphatic rings. The summed E-state index contributed by atoms with van der Waals surface area (Å²) >= 11 is 3.50. The van der Waals surface area contributed by atoms with Crippen LogP contribution >= 0.6 is 15.9 Å². The number of nitrogens with zero attached hydrogens (tertiary/aromatic N) is 2. The van der Waals surface area contributed by atoms with Crippen LogP contribution < -0.4 is 5.43 Å². The number of aryl methyl sites for hydroxylation is 2. The molecule has 5 heteroatoms. The van der Waals surface area contributed by atoms with Gasteiger partial charge in [0.15, 0.2) is 0 Å². The monoisotopic (exact) mass is 487 g/mol. The number of hydrazone groups is 1. The van der Waals surface area contributed by atoms with Gasteiger partial charge in [0.25, 0.3) is 0 Å². The van der Waals surface area contributed by atoms with E-state index in [2.05, 4.69) is 87.3 Å². The van der Waals surface area contributed by atoms with Gasteiger partial charge in [-0.25, -0.2) is 5.43 Å². The van der Waals surface area contributed by atoms with Crippen molar-refractivity contribution in [2.75, 3.05) is 0 Å². The Hall–Kier alpha value is -3.18. The molecule has 4 aromatic rings. The molecule has 1 heterocycles. The molecular weight excluding hydrogens is 462 g/mol. The molecule has 32 heavy (non-hydrogen) atoms. The number of aromatic nitrogens is 1. The Kier molecular flexibility index (Phi) is 6.56. The molecule has 0 fully saturated rings. The smallest absolute Gasteiger partial charge is 0.244 e. The van der Waals surface area contributed by atoms with Crippen LogP contribution in [0.5, 0.6) is 0 Å². The van der Waals surface area contributed by atoms with Crippen molar-refractivity contribution in [3.8, 4) is 0 Å². The molecule has 0 saturated carbocycles. The van der Waals surface area contributed by atoms with Crippen molar-refractivity contribution in [1.82, 2.24) is 9.99 Å². The third-order valence-corrected chi connectivity index (χ3v) is 6.29. The van der Waals surface area contributed by atoms with E-state index in [9.17, 15) is 4.79 Å². The molecule has 0 radical (unpaired) electrons. The van der Waals surface area contributed by atoms with Crippen LogP contribution in [0.15, 0.2) is 76.3 Å². The maximum atomic E-state index is 12.4. The molecule has 0 bridgehead atoms. The van der Waals surface area contributed by atoms with Crippen molar-refractivity contribution >= 4 is 39.0 Å². The fourth-order valence-electron chi connectivity index (χ4n) is 4.02. The number of nitrogens with one attached hydrogen (secondary N) is 1. The highest BCUT2D eigenvalue weighted by Crippen LogP contribution is 2.26. The summed E-state index contributed by atoms with van der Waals surface area (Å²) < 4.78 is 3.36. The fraction of sp³-hybridized carbons (Fsp3) is 0.185. The van der Waals surface area contributed by atoms with Gasteiger partial charge < -0.3 is 4.57 Å². The van der Waals surface area contributed by atoms with E-state index in [0.29, 0.717) is 6.42 Å². The number of hydrogen-bond acceptors (Lipinski definition) is 2. The molecule has 162 valence electrons. The molecule has 3 aromatic carbocycles. The summed E-state index contributed by atoms with van der Waals surface area (Å²) in [5.74, 6) is -0.121. The topological polar surface area (TPSA) is 46.4 Å². The quantitative estimate of drug-likeness (QED) is 0.260. The molecule has 1 N–H and O–H groups in total. The van der Waals surface area contributed by atoms with Crippen molar-refractivity contribution in [3.63, 3.8) is 0 Å². The number of para-hydroxylation sites is 1. The SMILES string of the molecule is Cc1ccc(CC(=O)N/N=C\c2c(C)n(Cc3ccc(Br)cc3)c3ccccc23)c(C)c1. The molecule has 0 aliphatic carbocycles. The normalized spacial score (nSPS) is 11.4. The van der Waals surface area contributed by atoms with Crippen molar-refractivity contribution in [2.24, 2.45) is 5.10 Å². The van der Waals surface area contributed by atoms with Crippen LogP contribution in [0.25, 0.3) is 10.9 Å². The molecule has 4 nitrogen and oxygen atoms in total. The van der Waals surface area contributed by atoms with Gasteiger partial charge in [-0.15, -0.1) is 0 Å². The second kappa shape index (κ2) is 9.53. The highest BCUT2D eigenvalue weighted by Gasteiger charge is 2.13. The third-order valence-electron chi connectivity index (χ3n) is 5.77. The second-order valence-electron chi connectivity index (χ2n) is 8.13. The summed E-state index contributed by atoms with van der Waals surface area (Å²) in [6.45, 7) is 6.95. The Balaban J connectivity index is 1.55. The van der Waals surface area contributed by atoms with Gasteiger partial charge in [0.1, 0.15) is 0 Å². The minimum atomic E-state index is -0.121. The maximum absolute atomic E-state index is 12.4. The van der Waals surface area contributed by atoms with Crippen molar-refractivity contribution < 1.29 is 4.79 Å². The van der Waals surface area contributed by atoms with Crippen LogP contribution in [0, 0.1) is 20.8 Å². The van der Waals surface area contributed by atoms with E-state index in [1.165, 1.54) is 11.1 Å². The van der Waals surface area contributed by atoms with E-state index in [4.69, 9.17) is 0 Å². The average molecular weight is 488 g/mol. The summed E-state index contributed by atoms with van der Waals surface area (Å²) in [7, 11) is 0. The average Bonchev–Trinajstić information content (AvgIpc) is 3.03. The first-order valence-electron chi connectivity index (χ1n) is 10.6. The summed E-state index contributed by atoms with van der Waals surface area (Å²) in [4.78, 5) is 12.4. The minimum absolute atomic E-state index is 0.121. The van der Waals surface area contributed by atoms with Gasteiger partial charge in [-0.05, 0) is 55.7 Å². The van der Waals surface area contributed by atoms with Crippen LogP contribution in [0.3, 0.4) is 0 Å². The van der Waals surface area contributed by atoms with Gasteiger partial charge in [0.2, 0.25) is 5.91 Å². The summed E-state index contributed by atoms with van der Waals surface area (Å²) in [5.41, 5.74) is 10.5. The van der Waals surface area contributed by atoms with Gasteiger partial charge in [-0.3, -0.25) is 4.79 Å². The van der Waals surface area contributed by atoms with Crippen LogP contribution in [0.1, 0.15) is 33.5 Å². The summed E-state index contributed by atoms with van der Waals surface area (Å²) in [6, 6.07) is 22.8. The van der Waals surface area contributed by atoms with Gasteiger partial charge in [-0.2, -0.15) is 5.10 Å². The van der Waals surface area contributed by atoms with Gasteiger partial charge >= 0.3 is 0 Å². The lowest BCUT2D eigenvalue weighted by atomic mass is 10.0. The summed E-state index contributed by atoms with van der Waals surface area (Å²) in [6.07, 6.45) is 2.07. The molecule has 1 aromatic heterocycles. The van der Waals surface area contributed by atoms with Gasteiger partial charge in [0, 0.05) is 33.2 Å². The van der Waals surface area contributed by atoms with E-state index < -0.39 is 0 Å². The Morgan fingerprint density at radius 3 is 2.53 bits per heavy atom. The molecule has 0 aliphatic heterocycles. The number of carbonyl (C=O) groups excluding carboxylic acids is 1. The van der Waals surface area contributed by atoms with Crippen LogP contribution in [0.2, 0.25) is 0 Å². The molecule has 0 atom stereocenters. The van der Waals surface area contributed by atoms with E-state index in [-0.39, 0.29) is 5.91 Å². The molecular formula is C27H26BrN3O. The van der Waals surface area contributed by atoms with Crippen molar-refractivity contribution in [3.05, 3.63) is 105 Å². The first-order chi connectivity index (χ1) is 15.4. The minimum Gasteiger partial charge on any atom is -0.340 e. The highest BCUT2D eigenvalue weighted by atomic mass is 79.9. The number of hydrogen-bond donors (Lipinski definition) is 1. The second-order valence-corrected chi connectivity index (χ2v) is 9.04. The predicted molar refractivity (Wildman–Crippen MR) is 135 cm³/mol. The Morgan fingerprint density at radius 2 is 1.78 bits per heavy atom. The first kappa shape index (κ1) is 22.0. The largest absolute Gasteiger partial charge is 0.340 e. The van der Waals surface area contributed by atoms with Crippen molar-refractivity contribution in [1.29, 1.82) is 0 Å². The zero-order valence-corrected chi connectivity index (χ0v) is 20.1. The van der Waals surface area contributed by atoms with E-state index in [1.807, 2.05) is 31.2 Å². The third kappa shape index (κ3) is 4.83. The lowest BCUT2D eigenvalue weighted by Crippen LogP contribution is -2.20. The van der Waals surface area contributed by atoms with Crippen LogP contribution in [0.4, 0.5) is 0 Å². The predicted octanol–water partition coefficient (Wildman–Crippen LogP) is 6.07.